The number of aldehydes is 1. The van der Waals surface area contributed by atoms with Crippen LogP contribution in [-0.2, 0) is 14.3 Å². The SMILES string of the molecule is CC(=O)C(C=O)OCCO. The standard InChI is InChI=1S/C6H10O4/c1-5(9)6(4-8)10-3-2-7/h4,6-7H,2-3H2,1H3. The topological polar surface area (TPSA) is 63.6 Å². The number of rotatable bonds is 5. The van der Waals surface area contributed by atoms with Crippen LogP contribution in [0.25, 0.3) is 0 Å². The van der Waals surface area contributed by atoms with Crippen molar-refractivity contribution in [2.75, 3.05) is 13.2 Å². The van der Waals surface area contributed by atoms with Crippen molar-refractivity contribution in [2.24, 2.45) is 0 Å². The average Bonchev–Trinajstić information content (AvgIpc) is 1.89. The third-order valence-electron chi connectivity index (χ3n) is 0.913. The number of carbonyl (C=O) groups is 2. The monoisotopic (exact) mass is 146 g/mol. The number of ketones is 1. The first kappa shape index (κ1) is 9.26. The molecule has 0 aromatic heterocycles. The molecule has 0 aromatic carbocycles. The predicted octanol–water partition coefficient (Wildman–Crippen LogP) is -0.848. The second-order valence-electron chi connectivity index (χ2n) is 1.76. The van der Waals surface area contributed by atoms with Gasteiger partial charge in [0.15, 0.2) is 18.2 Å². The summed E-state index contributed by atoms with van der Waals surface area (Å²) in [5.74, 6) is -0.344. The molecule has 0 heterocycles. The fourth-order valence-electron chi connectivity index (χ4n) is 0.432. The van der Waals surface area contributed by atoms with Gasteiger partial charge in [-0.25, -0.2) is 0 Å². The van der Waals surface area contributed by atoms with Crippen molar-refractivity contribution in [1.29, 1.82) is 0 Å². The van der Waals surface area contributed by atoms with E-state index in [0.29, 0.717) is 6.29 Å². The van der Waals surface area contributed by atoms with E-state index in [9.17, 15) is 9.59 Å². The molecule has 10 heavy (non-hydrogen) atoms. The van der Waals surface area contributed by atoms with Crippen LogP contribution in [-0.4, -0.2) is 36.5 Å². The normalized spacial score (nSPS) is 12.6. The highest BCUT2D eigenvalue weighted by molar-refractivity contribution is 5.94. The van der Waals surface area contributed by atoms with E-state index in [1.54, 1.807) is 0 Å². The maximum absolute atomic E-state index is 10.4. The van der Waals surface area contributed by atoms with Gasteiger partial charge in [0.1, 0.15) is 0 Å². The van der Waals surface area contributed by atoms with Gasteiger partial charge in [0.05, 0.1) is 13.2 Å². The Labute approximate surface area is 58.8 Å². The molecule has 0 amide bonds. The molecule has 0 radical (unpaired) electrons. The lowest BCUT2D eigenvalue weighted by Gasteiger charge is -2.05. The van der Waals surface area contributed by atoms with Crippen LogP contribution in [0.1, 0.15) is 6.92 Å². The van der Waals surface area contributed by atoms with E-state index in [4.69, 9.17) is 5.11 Å². The lowest BCUT2D eigenvalue weighted by Crippen LogP contribution is -2.24. The highest BCUT2D eigenvalue weighted by Crippen LogP contribution is 1.88. The highest BCUT2D eigenvalue weighted by Gasteiger charge is 2.11. The minimum Gasteiger partial charge on any atom is -0.394 e. The number of hydrogen-bond acceptors (Lipinski definition) is 4. The fourth-order valence-corrected chi connectivity index (χ4v) is 0.432. The van der Waals surface area contributed by atoms with Gasteiger partial charge in [-0.2, -0.15) is 0 Å². The summed E-state index contributed by atoms with van der Waals surface area (Å²) in [6, 6.07) is 0. The molecule has 1 unspecified atom stereocenters. The van der Waals surface area contributed by atoms with Crippen LogP contribution >= 0.6 is 0 Å². The van der Waals surface area contributed by atoms with Crippen LogP contribution in [0.5, 0.6) is 0 Å². The van der Waals surface area contributed by atoms with Crippen LogP contribution in [0.15, 0.2) is 0 Å². The fraction of sp³-hybridized carbons (Fsp3) is 0.667. The number of aliphatic hydroxyl groups excluding tert-OH is 1. The highest BCUT2D eigenvalue weighted by atomic mass is 16.5. The molecule has 1 atom stereocenters. The molecule has 0 rings (SSSR count). The number of ether oxygens (including phenoxy) is 1. The van der Waals surface area contributed by atoms with Crippen molar-refractivity contribution in [3.05, 3.63) is 0 Å². The van der Waals surface area contributed by atoms with Gasteiger partial charge in [0.25, 0.3) is 0 Å². The van der Waals surface area contributed by atoms with Gasteiger partial charge in [0.2, 0.25) is 0 Å². The first-order chi connectivity index (χ1) is 4.72. The molecule has 0 spiro atoms. The maximum atomic E-state index is 10.4. The van der Waals surface area contributed by atoms with Crippen molar-refractivity contribution in [3.8, 4) is 0 Å². The van der Waals surface area contributed by atoms with Crippen molar-refractivity contribution in [1.82, 2.24) is 0 Å². The van der Waals surface area contributed by atoms with E-state index in [0.717, 1.165) is 0 Å². The molecular weight excluding hydrogens is 136 g/mol. The van der Waals surface area contributed by atoms with Gasteiger partial charge in [-0.05, 0) is 6.92 Å². The minimum atomic E-state index is -1.01. The first-order valence-corrected chi connectivity index (χ1v) is 2.90. The number of aliphatic hydroxyl groups is 1. The summed E-state index contributed by atoms with van der Waals surface area (Å²) >= 11 is 0. The van der Waals surface area contributed by atoms with Crippen LogP contribution in [0.2, 0.25) is 0 Å². The first-order valence-electron chi connectivity index (χ1n) is 2.90. The average molecular weight is 146 g/mol. The van der Waals surface area contributed by atoms with Gasteiger partial charge in [-0.15, -0.1) is 0 Å². The zero-order valence-electron chi connectivity index (χ0n) is 5.74. The molecule has 0 aromatic rings. The molecule has 0 bridgehead atoms. The third kappa shape index (κ3) is 3.32. The molecule has 4 heteroatoms. The smallest absolute Gasteiger partial charge is 0.170 e. The summed E-state index contributed by atoms with van der Waals surface area (Å²) in [4.78, 5) is 20.5. The number of Topliss-reactive ketones (excluding diaryl/α,β-unsaturated/α-hetero) is 1. The number of hydrogen-bond donors (Lipinski definition) is 1. The Hall–Kier alpha value is -0.740. The van der Waals surface area contributed by atoms with E-state index in [1.807, 2.05) is 0 Å². The Morgan fingerprint density at radius 2 is 2.40 bits per heavy atom. The largest absolute Gasteiger partial charge is 0.394 e. The van der Waals surface area contributed by atoms with Crippen LogP contribution < -0.4 is 0 Å². The Bertz CT molecular complexity index is 121. The Balaban J connectivity index is 3.60. The predicted molar refractivity (Wildman–Crippen MR) is 33.6 cm³/mol. The van der Waals surface area contributed by atoms with Gasteiger partial charge < -0.3 is 9.84 Å². The Morgan fingerprint density at radius 3 is 2.70 bits per heavy atom. The second kappa shape index (κ2) is 5.08. The Morgan fingerprint density at radius 1 is 1.80 bits per heavy atom. The van der Waals surface area contributed by atoms with E-state index >= 15 is 0 Å². The molecule has 0 saturated heterocycles. The summed E-state index contributed by atoms with van der Waals surface area (Å²) < 4.78 is 4.63. The second-order valence-corrected chi connectivity index (χ2v) is 1.76. The minimum absolute atomic E-state index is 0.0169. The van der Waals surface area contributed by atoms with Crippen molar-refractivity contribution < 1.29 is 19.4 Å². The lowest BCUT2D eigenvalue weighted by atomic mass is 10.3. The Kier molecular flexibility index (Phi) is 4.70. The van der Waals surface area contributed by atoms with Crippen molar-refractivity contribution >= 4 is 12.1 Å². The zero-order chi connectivity index (χ0) is 7.98. The summed E-state index contributed by atoms with van der Waals surface area (Å²) in [5, 5.41) is 8.24. The molecule has 0 aliphatic heterocycles. The van der Waals surface area contributed by atoms with E-state index in [-0.39, 0.29) is 19.0 Å². The molecule has 0 saturated carbocycles. The zero-order valence-corrected chi connectivity index (χ0v) is 5.74. The van der Waals surface area contributed by atoms with Gasteiger partial charge in [-0.3, -0.25) is 9.59 Å². The van der Waals surface area contributed by atoms with Crippen molar-refractivity contribution in [2.45, 2.75) is 13.0 Å². The summed E-state index contributed by atoms with van der Waals surface area (Å²) in [6.07, 6.45) is -0.593. The molecule has 0 aliphatic rings. The molecule has 0 aliphatic carbocycles. The summed E-state index contributed by atoms with van der Waals surface area (Å²) in [7, 11) is 0. The van der Waals surface area contributed by atoms with E-state index in [1.165, 1.54) is 6.92 Å². The quantitative estimate of drug-likeness (QED) is 0.405. The molecule has 0 fully saturated rings. The van der Waals surface area contributed by atoms with Gasteiger partial charge in [0, 0.05) is 0 Å². The molecule has 1 N–H and O–H groups in total. The van der Waals surface area contributed by atoms with Crippen molar-refractivity contribution in [3.63, 3.8) is 0 Å². The lowest BCUT2D eigenvalue weighted by molar-refractivity contribution is -0.135. The van der Waals surface area contributed by atoms with Gasteiger partial charge in [-0.1, -0.05) is 0 Å². The number of carbonyl (C=O) groups excluding carboxylic acids is 2. The molecule has 4 nitrogen and oxygen atoms in total. The maximum Gasteiger partial charge on any atom is 0.170 e. The van der Waals surface area contributed by atoms with Crippen LogP contribution in [0, 0.1) is 0 Å². The molecular formula is C6H10O4. The van der Waals surface area contributed by atoms with Gasteiger partial charge >= 0.3 is 0 Å². The summed E-state index contributed by atoms with van der Waals surface area (Å²) in [6.45, 7) is 1.09. The van der Waals surface area contributed by atoms with E-state index in [2.05, 4.69) is 4.74 Å². The molecule has 58 valence electrons. The van der Waals surface area contributed by atoms with E-state index < -0.39 is 6.10 Å². The van der Waals surface area contributed by atoms with Crippen LogP contribution in [0.4, 0.5) is 0 Å². The third-order valence-corrected chi connectivity index (χ3v) is 0.913. The van der Waals surface area contributed by atoms with Crippen LogP contribution in [0.3, 0.4) is 0 Å². The summed E-state index contributed by atoms with van der Waals surface area (Å²) in [5.41, 5.74) is 0.